The van der Waals surface area contributed by atoms with Gasteiger partial charge in [0, 0.05) is 11.8 Å². The maximum atomic E-state index is 12.9. The number of alkyl halides is 3. The van der Waals surface area contributed by atoms with Crippen molar-refractivity contribution in [2.45, 2.75) is 59.6 Å². The molecule has 0 amide bonds. The van der Waals surface area contributed by atoms with Crippen LogP contribution in [-0.4, -0.2) is 5.78 Å². The first kappa shape index (κ1) is 20.2. The Kier molecular flexibility index (Phi) is 6.59. The second-order valence-corrected chi connectivity index (χ2v) is 6.80. The molecule has 0 saturated heterocycles. The van der Waals surface area contributed by atoms with E-state index in [1.807, 2.05) is 27.7 Å². The van der Waals surface area contributed by atoms with E-state index >= 15 is 0 Å². The van der Waals surface area contributed by atoms with E-state index in [1.54, 1.807) is 6.07 Å². The van der Waals surface area contributed by atoms with Gasteiger partial charge >= 0.3 is 6.18 Å². The molecule has 0 heterocycles. The van der Waals surface area contributed by atoms with Gasteiger partial charge in [0.25, 0.3) is 0 Å². The zero-order chi connectivity index (χ0) is 18.5. The molecular weight excluding hydrogens is 315 g/mol. The second-order valence-electron chi connectivity index (χ2n) is 6.80. The Morgan fingerprint density at radius 3 is 2.42 bits per heavy atom. The zero-order valence-electron chi connectivity index (χ0n) is 14.6. The van der Waals surface area contributed by atoms with Crippen LogP contribution in [0.1, 0.15) is 63.6 Å². The van der Waals surface area contributed by atoms with E-state index in [0.29, 0.717) is 24.8 Å². The van der Waals surface area contributed by atoms with Crippen LogP contribution in [0.15, 0.2) is 18.2 Å². The Hall–Kier alpha value is -1.83. The van der Waals surface area contributed by atoms with Gasteiger partial charge in [-0.2, -0.15) is 18.4 Å². The first-order valence-corrected chi connectivity index (χ1v) is 8.17. The number of nitriles is 1. The first-order valence-electron chi connectivity index (χ1n) is 8.17. The number of halogens is 3. The summed E-state index contributed by atoms with van der Waals surface area (Å²) in [6.45, 7) is 7.92. The summed E-state index contributed by atoms with van der Waals surface area (Å²) in [4.78, 5) is 12.4. The monoisotopic (exact) mass is 339 g/mol. The van der Waals surface area contributed by atoms with E-state index in [-0.39, 0.29) is 17.3 Å². The minimum atomic E-state index is -4.55. The molecular formula is C19H24F3NO. The summed E-state index contributed by atoms with van der Waals surface area (Å²) in [7, 11) is 0. The van der Waals surface area contributed by atoms with Crippen LogP contribution in [0.4, 0.5) is 13.2 Å². The summed E-state index contributed by atoms with van der Waals surface area (Å²) in [5.41, 5.74) is -1.21. The van der Waals surface area contributed by atoms with Crippen molar-refractivity contribution in [3.05, 3.63) is 34.9 Å². The molecule has 0 N–H and O–H groups in total. The molecule has 0 aliphatic heterocycles. The molecule has 132 valence electrons. The molecule has 0 aromatic heterocycles. The van der Waals surface area contributed by atoms with Crippen molar-refractivity contribution in [1.82, 2.24) is 0 Å². The van der Waals surface area contributed by atoms with Gasteiger partial charge in [-0.25, -0.2) is 0 Å². The van der Waals surface area contributed by atoms with Crippen LogP contribution in [0, 0.1) is 22.7 Å². The van der Waals surface area contributed by atoms with E-state index in [4.69, 9.17) is 5.26 Å². The maximum Gasteiger partial charge on any atom is 0.417 e. The van der Waals surface area contributed by atoms with Crippen LogP contribution in [0.5, 0.6) is 0 Å². The third-order valence-corrected chi connectivity index (χ3v) is 4.94. The van der Waals surface area contributed by atoms with Crippen LogP contribution in [0.2, 0.25) is 0 Å². The van der Waals surface area contributed by atoms with Crippen molar-refractivity contribution in [2.24, 2.45) is 11.3 Å². The highest BCUT2D eigenvalue weighted by molar-refractivity contribution is 5.84. The number of hydrogen-bond donors (Lipinski definition) is 0. The molecule has 24 heavy (non-hydrogen) atoms. The Morgan fingerprint density at radius 2 is 1.92 bits per heavy atom. The number of Topliss-reactive ketones (excluding diaryl/α,β-unsaturated/α-hetero) is 1. The molecule has 0 saturated carbocycles. The highest BCUT2D eigenvalue weighted by Gasteiger charge is 2.34. The van der Waals surface area contributed by atoms with Crippen molar-refractivity contribution in [2.75, 3.05) is 0 Å². The number of benzene rings is 1. The molecule has 0 radical (unpaired) electrons. The highest BCUT2D eigenvalue weighted by Crippen LogP contribution is 2.34. The Balaban J connectivity index is 2.76. The van der Waals surface area contributed by atoms with Gasteiger partial charge in [-0.3, -0.25) is 4.79 Å². The van der Waals surface area contributed by atoms with E-state index in [1.165, 1.54) is 12.1 Å². The number of ketones is 1. The molecule has 0 spiro atoms. The average molecular weight is 339 g/mol. The normalized spacial score (nSPS) is 13.4. The van der Waals surface area contributed by atoms with Crippen molar-refractivity contribution in [1.29, 1.82) is 5.26 Å². The van der Waals surface area contributed by atoms with Gasteiger partial charge in [0.2, 0.25) is 0 Å². The molecule has 1 aromatic rings. The first-order chi connectivity index (χ1) is 11.0. The van der Waals surface area contributed by atoms with Gasteiger partial charge in [-0.05, 0) is 36.5 Å². The van der Waals surface area contributed by atoms with E-state index < -0.39 is 17.2 Å². The van der Waals surface area contributed by atoms with Crippen molar-refractivity contribution >= 4 is 5.78 Å². The number of carbonyl (C=O) groups is 1. The lowest BCUT2D eigenvalue weighted by Gasteiger charge is -2.29. The Bertz CT molecular complexity index is 626. The summed E-state index contributed by atoms with van der Waals surface area (Å²) < 4.78 is 38.8. The van der Waals surface area contributed by atoms with Crippen LogP contribution in [-0.2, 0) is 17.4 Å². The van der Waals surface area contributed by atoms with Gasteiger partial charge in [-0.1, -0.05) is 40.2 Å². The molecule has 0 aliphatic carbocycles. The quantitative estimate of drug-likeness (QED) is 0.654. The van der Waals surface area contributed by atoms with E-state index in [2.05, 4.69) is 0 Å². The lowest BCUT2D eigenvalue weighted by Crippen LogP contribution is -2.31. The smallest absolute Gasteiger partial charge is 0.299 e. The molecule has 1 aromatic carbocycles. The molecule has 0 aliphatic rings. The van der Waals surface area contributed by atoms with Crippen LogP contribution < -0.4 is 0 Å². The van der Waals surface area contributed by atoms with Crippen LogP contribution in [0.25, 0.3) is 0 Å². The predicted molar refractivity (Wildman–Crippen MR) is 87.3 cm³/mol. The topological polar surface area (TPSA) is 40.9 Å². The molecule has 0 bridgehead atoms. The fourth-order valence-corrected chi connectivity index (χ4v) is 2.64. The standard InChI is InChI=1S/C19H24F3NO/c1-5-13(2)18(3,4)17(24)8-6-7-14-9-10-15(12-23)16(11-14)19(20,21)22/h9-11,13H,5-8H2,1-4H3. The zero-order valence-corrected chi connectivity index (χ0v) is 14.6. The average Bonchev–Trinajstić information content (AvgIpc) is 2.52. The summed E-state index contributed by atoms with van der Waals surface area (Å²) in [5, 5.41) is 8.79. The minimum Gasteiger partial charge on any atom is -0.299 e. The fourth-order valence-electron chi connectivity index (χ4n) is 2.64. The Morgan fingerprint density at radius 1 is 1.29 bits per heavy atom. The van der Waals surface area contributed by atoms with Gasteiger partial charge in [0.15, 0.2) is 0 Å². The van der Waals surface area contributed by atoms with Gasteiger partial charge in [0.05, 0.1) is 17.2 Å². The molecule has 1 rings (SSSR count). The van der Waals surface area contributed by atoms with Crippen molar-refractivity contribution in [3.8, 4) is 6.07 Å². The third-order valence-electron chi connectivity index (χ3n) is 4.94. The number of carbonyl (C=O) groups excluding carboxylic acids is 1. The SMILES string of the molecule is CCC(C)C(C)(C)C(=O)CCCc1ccc(C#N)c(C(F)(F)F)c1. The van der Waals surface area contributed by atoms with Crippen molar-refractivity contribution < 1.29 is 18.0 Å². The number of hydrogen-bond acceptors (Lipinski definition) is 2. The lowest BCUT2D eigenvalue weighted by molar-refractivity contribution is -0.137. The lowest BCUT2D eigenvalue weighted by atomic mass is 9.74. The molecule has 1 atom stereocenters. The predicted octanol–water partition coefficient (Wildman–Crippen LogP) is 5.54. The summed E-state index contributed by atoms with van der Waals surface area (Å²) >= 11 is 0. The number of rotatable bonds is 7. The molecule has 1 unspecified atom stereocenters. The molecule has 0 fully saturated rings. The maximum absolute atomic E-state index is 12.9. The van der Waals surface area contributed by atoms with Gasteiger partial charge in [0.1, 0.15) is 5.78 Å². The summed E-state index contributed by atoms with van der Waals surface area (Å²) in [5.74, 6) is 0.401. The Labute approximate surface area is 141 Å². The van der Waals surface area contributed by atoms with Gasteiger partial charge in [-0.15, -0.1) is 0 Å². The number of aryl methyl sites for hydroxylation is 1. The summed E-state index contributed by atoms with van der Waals surface area (Å²) in [6, 6.07) is 5.31. The second kappa shape index (κ2) is 7.83. The largest absolute Gasteiger partial charge is 0.417 e. The fraction of sp³-hybridized carbons (Fsp3) is 0.579. The highest BCUT2D eigenvalue weighted by atomic mass is 19.4. The van der Waals surface area contributed by atoms with Crippen LogP contribution >= 0.6 is 0 Å². The molecule has 5 heteroatoms. The third kappa shape index (κ3) is 4.83. The van der Waals surface area contributed by atoms with Gasteiger partial charge < -0.3 is 0 Å². The summed E-state index contributed by atoms with van der Waals surface area (Å²) in [6.07, 6.45) is -2.41. The molecule has 2 nitrogen and oxygen atoms in total. The van der Waals surface area contributed by atoms with E-state index in [0.717, 1.165) is 12.5 Å². The minimum absolute atomic E-state index is 0.140. The van der Waals surface area contributed by atoms with Crippen LogP contribution in [0.3, 0.4) is 0 Å². The van der Waals surface area contributed by atoms with E-state index in [9.17, 15) is 18.0 Å². The van der Waals surface area contributed by atoms with Crippen molar-refractivity contribution in [3.63, 3.8) is 0 Å². The number of nitrogens with zero attached hydrogens (tertiary/aromatic N) is 1.